The zero-order chi connectivity index (χ0) is 13.7. The second-order valence-electron chi connectivity index (χ2n) is 4.26. The fourth-order valence-corrected chi connectivity index (χ4v) is 1.50. The van der Waals surface area contributed by atoms with Crippen LogP contribution in [0.3, 0.4) is 0 Å². The Kier molecular flexibility index (Phi) is 4.99. The van der Waals surface area contributed by atoms with Crippen molar-refractivity contribution in [1.29, 1.82) is 5.26 Å². The number of carbonyl (C=O) groups excluding carboxylic acids is 1. The lowest BCUT2D eigenvalue weighted by Gasteiger charge is -2.22. The fourth-order valence-electron chi connectivity index (χ4n) is 1.31. The summed E-state index contributed by atoms with van der Waals surface area (Å²) in [6.07, 6.45) is 0. The number of hydrogen-bond acceptors (Lipinski definition) is 3. The summed E-state index contributed by atoms with van der Waals surface area (Å²) in [5.41, 5.74) is 1.10. The molecular weight excluding hydrogens is 250 g/mol. The van der Waals surface area contributed by atoms with Crippen LogP contribution in [-0.4, -0.2) is 30.4 Å². The zero-order valence-electron chi connectivity index (χ0n) is 10.7. The van der Waals surface area contributed by atoms with Gasteiger partial charge in [-0.05, 0) is 32.0 Å². The van der Waals surface area contributed by atoms with E-state index in [4.69, 9.17) is 16.9 Å². The topological polar surface area (TPSA) is 56.1 Å². The van der Waals surface area contributed by atoms with Crippen LogP contribution >= 0.6 is 11.6 Å². The van der Waals surface area contributed by atoms with Gasteiger partial charge in [-0.1, -0.05) is 11.6 Å². The molecule has 0 radical (unpaired) electrons. The smallest absolute Gasteiger partial charge is 0.241 e. The van der Waals surface area contributed by atoms with E-state index in [1.807, 2.05) is 19.9 Å². The molecule has 0 aliphatic carbocycles. The lowest BCUT2D eigenvalue weighted by atomic mass is 10.2. The van der Waals surface area contributed by atoms with Gasteiger partial charge in [0.15, 0.2) is 0 Å². The summed E-state index contributed by atoms with van der Waals surface area (Å²) in [5, 5.41) is 12.2. The van der Waals surface area contributed by atoms with Gasteiger partial charge in [0.05, 0.1) is 28.9 Å². The first kappa shape index (κ1) is 14.3. The molecule has 0 saturated carbocycles. The molecule has 1 aromatic rings. The molecular formula is C13H16ClN3O. The summed E-state index contributed by atoms with van der Waals surface area (Å²) < 4.78 is 0. The Hall–Kier alpha value is -1.73. The molecule has 4 nitrogen and oxygen atoms in total. The van der Waals surface area contributed by atoms with Gasteiger partial charge in [-0.3, -0.25) is 4.79 Å². The highest BCUT2D eigenvalue weighted by Crippen LogP contribution is 2.22. The van der Waals surface area contributed by atoms with Crippen molar-refractivity contribution < 1.29 is 4.79 Å². The van der Waals surface area contributed by atoms with Crippen LogP contribution in [0, 0.1) is 11.3 Å². The molecule has 18 heavy (non-hydrogen) atoms. The summed E-state index contributed by atoms with van der Waals surface area (Å²) >= 11 is 5.98. The van der Waals surface area contributed by atoms with E-state index in [0.29, 0.717) is 16.3 Å². The van der Waals surface area contributed by atoms with E-state index >= 15 is 0 Å². The molecule has 0 fully saturated rings. The number of halogens is 1. The Morgan fingerprint density at radius 1 is 1.56 bits per heavy atom. The van der Waals surface area contributed by atoms with E-state index < -0.39 is 0 Å². The van der Waals surface area contributed by atoms with E-state index in [9.17, 15) is 4.79 Å². The minimum absolute atomic E-state index is 0.0246. The molecule has 0 aliphatic heterocycles. The highest BCUT2D eigenvalue weighted by molar-refractivity contribution is 6.33. The van der Waals surface area contributed by atoms with Gasteiger partial charge >= 0.3 is 0 Å². The Balaban J connectivity index is 2.69. The summed E-state index contributed by atoms with van der Waals surface area (Å²) in [4.78, 5) is 13.4. The highest BCUT2D eigenvalue weighted by atomic mass is 35.5. The maximum atomic E-state index is 11.8. The van der Waals surface area contributed by atoms with Gasteiger partial charge in [0.2, 0.25) is 5.91 Å². The van der Waals surface area contributed by atoms with Crippen molar-refractivity contribution in [2.75, 3.05) is 18.9 Å². The van der Waals surface area contributed by atoms with Crippen LogP contribution < -0.4 is 5.32 Å². The van der Waals surface area contributed by atoms with Crippen LogP contribution in [0.2, 0.25) is 5.02 Å². The lowest BCUT2D eigenvalue weighted by Crippen LogP contribution is -2.37. The molecule has 0 saturated heterocycles. The average molecular weight is 266 g/mol. The third-order valence-corrected chi connectivity index (χ3v) is 3.02. The Morgan fingerprint density at radius 3 is 2.78 bits per heavy atom. The molecule has 1 N–H and O–H groups in total. The van der Waals surface area contributed by atoms with Crippen molar-refractivity contribution >= 4 is 23.2 Å². The molecule has 0 aliphatic rings. The minimum Gasteiger partial charge on any atom is -0.375 e. The standard InChI is InChI=1S/C13H16ClN3O/c1-9(2)17(3)13(18)8-16-12-6-10(7-15)4-5-11(12)14/h4-6,9,16H,8H2,1-3H3. The van der Waals surface area contributed by atoms with Gasteiger partial charge < -0.3 is 10.2 Å². The van der Waals surface area contributed by atoms with Crippen LogP contribution in [0.15, 0.2) is 18.2 Å². The Labute approximate surface area is 112 Å². The molecule has 0 atom stereocenters. The summed E-state index contributed by atoms with van der Waals surface area (Å²) in [6.45, 7) is 4.05. The monoisotopic (exact) mass is 265 g/mol. The number of nitriles is 1. The number of hydrogen-bond donors (Lipinski definition) is 1. The van der Waals surface area contributed by atoms with Crippen LogP contribution in [0.1, 0.15) is 19.4 Å². The number of likely N-dealkylation sites (N-methyl/N-ethyl adjacent to an activating group) is 1. The van der Waals surface area contributed by atoms with Gasteiger partial charge in [0.1, 0.15) is 0 Å². The molecule has 0 heterocycles. The number of anilines is 1. The number of carbonyl (C=O) groups is 1. The molecule has 96 valence electrons. The second-order valence-corrected chi connectivity index (χ2v) is 4.67. The maximum Gasteiger partial charge on any atom is 0.241 e. The van der Waals surface area contributed by atoms with Gasteiger partial charge in [-0.2, -0.15) is 5.26 Å². The number of benzene rings is 1. The van der Waals surface area contributed by atoms with E-state index in [-0.39, 0.29) is 18.5 Å². The van der Waals surface area contributed by atoms with Gasteiger partial charge in [-0.25, -0.2) is 0 Å². The Morgan fingerprint density at radius 2 is 2.22 bits per heavy atom. The first-order chi connectivity index (χ1) is 8.45. The number of amides is 1. The normalized spacial score (nSPS) is 10.0. The Bertz CT molecular complexity index is 480. The van der Waals surface area contributed by atoms with E-state index in [2.05, 4.69) is 5.32 Å². The van der Waals surface area contributed by atoms with Gasteiger partial charge in [0.25, 0.3) is 0 Å². The predicted molar refractivity (Wildman–Crippen MR) is 72.6 cm³/mol. The van der Waals surface area contributed by atoms with E-state index in [1.165, 1.54) is 0 Å². The number of nitrogens with one attached hydrogen (secondary N) is 1. The maximum absolute atomic E-state index is 11.8. The molecule has 1 amide bonds. The summed E-state index contributed by atoms with van der Waals surface area (Å²) in [5.74, 6) is -0.0246. The van der Waals surface area contributed by atoms with Crippen molar-refractivity contribution in [1.82, 2.24) is 4.90 Å². The summed E-state index contributed by atoms with van der Waals surface area (Å²) in [6, 6.07) is 7.08. The molecule has 1 aromatic carbocycles. The number of nitrogens with zero attached hydrogens (tertiary/aromatic N) is 2. The van der Waals surface area contributed by atoms with Crippen LogP contribution in [0.5, 0.6) is 0 Å². The summed E-state index contributed by atoms with van der Waals surface area (Å²) in [7, 11) is 1.75. The van der Waals surface area contributed by atoms with E-state index in [1.54, 1.807) is 30.1 Å². The minimum atomic E-state index is -0.0246. The van der Waals surface area contributed by atoms with Crippen LogP contribution in [0.4, 0.5) is 5.69 Å². The van der Waals surface area contributed by atoms with Gasteiger partial charge in [0, 0.05) is 13.1 Å². The molecule has 0 unspecified atom stereocenters. The third kappa shape index (κ3) is 3.64. The second kappa shape index (κ2) is 6.27. The zero-order valence-corrected chi connectivity index (χ0v) is 11.5. The number of rotatable bonds is 4. The van der Waals surface area contributed by atoms with Crippen molar-refractivity contribution in [3.05, 3.63) is 28.8 Å². The van der Waals surface area contributed by atoms with E-state index in [0.717, 1.165) is 0 Å². The van der Waals surface area contributed by atoms with Crippen molar-refractivity contribution in [3.8, 4) is 6.07 Å². The average Bonchev–Trinajstić information content (AvgIpc) is 2.36. The first-order valence-electron chi connectivity index (χ1n) is 5.65. The molecule has 1 rings (SSSR count). The predicted octanol–water partition coefficient (Wildman–Crippen LogP) is 2.49. The molecule has 0 aromatic heterocycles. The van der Waals surface area contributed by atoms with Crippen LogP contribution in [-0.2, 0) is 4.79 Å². The van der Waals surface area contributed by atoms with Crippen molar-refractivity contribution in [2.24, 2.45) is 0 Å². The first-order valence-corrected chi connectivity index (χ1v) is 6.02. The SMILES string of the molecule is CC(C)N(C)C(=O)CNc1cc(C#N)ccc1Cl. The highest BCUT2D eigenvalue weighted by Gasteiger charge is 2.12. The largest absolute Gasteiger partial charge is 0.375 e. The van der Waals surface area contributed by atoms with Crippen LogP contribution in [0.25, 0.3) is 0 Å². The van der Waals surface area contributed by atoms with Crippen molar-refractivity contribution in [3.63, 3.8) is 0 Å². The lowest BCUT2D eigenvalue weighted by molar-refractivity contribution is -0.129. The molecule has 0 bridgehead atoms. The van der Waals surface area contributed by atoms with Crippen molar-refractivity contribution in [2.45, 2.75) is 19.9 Å². The fraction of sp³-hybridized carbons (Fsp3) is 0.385. The third-order valence-electron chi connectivity index (χ3n) is 2.69. The molecule has 0 spiro atoms. The molecule has 5 heteroatoms. The quantitative estimate of drug-likeness (QED) is 0.910. The van der Waals surface area contributed by atoms with Gasteiger partial charge in [-0.15, -0.1) is 0 Å².